The van der Waals surface area contributed by atoms with Gasteiger partial charge >= 0.3 is 0 Å². The fourth-order valence-corrected chi connectivity index (χ4v) is 3.55. The number of aliphatic hydroxyl groups excluding tert-OH is 1. The Kier molecular flexibility index (Phi) is 7.30. The van der Waals surface area contributed by atoms with Crippen molar-refractivity contribution < 1.29 is 14.6 Å². The lowest BCUT2D eigenvalue weighted by Gasteiger charge is -2.17. The molecule has 3 nitrogen and oxygen atoms in total. The first-order valence-electron chi connectivity index (χ1n) is 10.4. The third-order valence-corrected chi connectivity index (χ3v) is 5.09. The Bertz CT molecular complexity index is 916. The van der Waals surface area contributed by atoms with E-state index >= 15 is 0 Å². The van der Waals surface area contributed by atoms with Crippen LogP contribution in [-0.4, -0.2) is 31.0 Å². The summed E-state index contributed by atoms with van der Waals surface area (Å²) in [4.78, 5) is 0. The fourth-order valence-electron chi connectivity index (χ4n) is 3.55. The fraction of sp³-hybridized carbons (Fsp3) is 0.440. The molecule has 28 heavy (non-hydrogen) atoms. The third-order valence-electron chi connectivity index (χ3n) is 5.09. The Morgan fingerprint density at radius 1 is 0.821 bits per heavy atom. The summed E-state index contributed by atoms with van der Waals surface area (Å²) in [5.74, 6) is 0.846. The minimum Gasteiger partial charge on any atom is -0.489 e. The van der Waals surface area contributed by atoms with Gasteiger partial charge in [0.2, 0.25) is 0 Å². The van der Waals surface area contributed by atoms with Crippen LogP contribution in [0.4, 0.5) is 0 Å². The Morgan fingerprint density at radius 3 is 2.43 bits per heavy atom. The quantitative estimate of drug-likeness (QED) is 0.349. The summed E-state index contributed by atoms with van der Waals surface area (Å²) < 4.78 is 11.8. The maximum atomic E-state index is 10.3. The first-order valence-corrected chi connectivity index (χ1v) is 10.4. The van der Waals surface area contributed by atoms with Crippen LogP contribution in [-0.2, 0) is 4.74 Å². The molecule has 1 atom stereocenters. The molecule has 3 aromatic carbocycles. The van der Waals surface area contributed by atoms with Gasteiger partial charge in [-0.2, -0.15) is 0 Å². The highest BCUT2D eigenvalue weighted by Crippen LogP contribution is 2.36. The zero-order valence-electron chi connectivity index (χ0n) is 17.3. The van der Waals surface area contributed by atoms with Crippen molar-refractivity contribution in [3.63, 3.8) is 0 Å². The number of fused-ring (bicyclic) bond motifs is 2. The second kappa shape index (κ2) is 9.90. The molecule has 0 amide bonds. The molecule has 0 aromatic heterocycles. The third kappa shape index (κ3) is 5.24. The lowest BCUT2D eigenvalue weighted by atomic mass is 9.99. The van der Waals surface area contributed by atoms with E-state index in [4.69, 9.17) is 9.47 Å². The van der Waals surface area contributed by atoms with Crippen molar-refractivity contribution in [2.75, 3.05) is 19.8 Å². The van der Waals surface area contributed by atoms with Gasteiger partial charge in [0.05, 0.1) is 6.61 Å². The Morgan fingerprint density at radius 2 is 1.61 bits per heavy atom. The maximum Gasteiger partial charge on any atom is 0.135 e. The van der Waals surface area contributed by atoms with Crippen LogP contribution in [0.3, 0.4) is 0 Å². The molecule has 3 aromatic rings. The minimum absolute atomic E-state index is 0.227. The number of unbranched alkanes of at least 4 members (excludes halogenated alkanes) is 3. The monoisotopic (exact) mass is 380 g/mol. The van der Waals surface area contributed by atoms with Crippen molar-refractivity contribution in [2.45, 2.75) is 52.6 Å². The van der Waals surface area contributed by atoms with Gasteiger partial charge < -0.3 is 14.6 Å². The molecule has 0 spiro atoms. The summed E-state index contributed by atoms with van der Waals surface area (Å²) in [6.07, 6.45) is 4.06. The normalized spacial score (nSPS) is 12.6. The Balaban J connectivity index is 1.72. The summed E-state index contributed by atoms with van der Waals surface area (Å²) in [6.45, 7) is 7.62. The summed E-state index contributed by atoms with van der Waals surface area (Å²) in [7, 11) is 0. The molecule has 0 bridgehead atoms. The molecule has 0 aliphatic carbocycles. The summed E-state index contributed by atoms with van der Waals surface area (Å²) in [5.41, 5.74) is 2.42. The largest absolute Gasteiger partial charge is 0.489 e. The number of aryl methyl sites for hydroxylation is 2. The SMILES string of the molecule is CCCCCCOCC(O)COc1c2ccc(C)cc2cc2ccc(C)cc12. The standard InChI is InChI=1S/C25H32O3/c1-4-5-6-7-12-27-16-22(26)17-28-25-23-11-9-18(2)13-21(23)15-20-10-8-19(3)14-24(20)25/h8-11,13-15,22,26H,4-7,12,16-17H2,1-3H3. The van der Waals surface area contributed by atoms with Crippen LogP contribution in [0.1, 0.15) is 43.7 Å². The number of rotatable bonds is 10. The lowest BCUT2D eigenvalue weighted by molar-refractivity contribution is 0.0115. The molecule has 1 unspecified atom stereocenters. The molecule has 0 radical (unpaired) electrons. The van der Waals surface area contributed by atoms with E-state index in [9.17, 15) is 5.11 Å². The summed E-state index contributed by atoms with van der Waals surface area (Å²) >= 11 is 0. The van der Waals surface area contributed by atoms with Gasteiger partial charge in [0.1, 0.15) is 18.5 Å². The average molecular weight is 381 g/mol. The zero-order valence-corrected chi connectivity index (χ0v) is 17.3. The van der Waals surface area contributed by atoms with Gasteiger partial charge in [0, 0.05) is 17.4 Å². The molecule has 1 N–H and O–H groups in total. The van der Waals surface area contributed by atoms with Gasteiger partial charge in [0.25, 0.3) is 0 Å². The van der Waals surface area contributed by atoms with Crippen molar-refractivity contribution in [3.05, 3.63) is 53.6 Å². The number of benzene rings is 3. The summed E-state index contributed by atoms with van der Waals surface area (Å²) in [5, 5.41) is 14.8. The van der Waals surface area contributed by atoms with Crippen LogP contribution < -0.4 is 4.74 Å². The predicted molar refractivity (Wildman–Crippen MR) is 117 cm³/mol. The highest BCUT2D eigenvalue weighted by Gasteiger charge is 2.12. The van der Waals surface area contributed by atoms with E-state index in [0.717, 1.165) is 33.7 Å². The van der Waals surface area contributed by atoms with E-state index in [1.165, 1.54) is 30.4 Å². The van der Waals surface area contributed by atoms with Gasteiger partial charge in [0.15, 0.2) is 0 Å². The molecular formula is C25H32O3. The Hall–Kier alpha value is -2.10. The zero-order chi connectivity index (χ0) is 19.9. The van der Waals surface area contributed by atoms with Gasteiger partial charge in [-0.05, 0) is 43.2 Å². The molecule has 0 fully saturated rings. The maximum absolute atomic E-state index is 10.3. The van der Waals surface area contributed by atoms with Crippen LogP contribution in [0.15, 0.2) is 42.5 Å². The van der Waals surface area contributed by atoms with Gasteiger partial charge in [-0.25, -0.2) is 0 Å². The first-order chi connectivity index (χ1) is 13.6. The smallest absolute Gasteiger partial charge is 0.135 e. The molecule has 0 saturated carbocycles. The van der Waals surface area contributed by atoms with E-state index in [-0.39, 0.29) is 6.61 Å². The van der Waals surface area contributed by atoms with Crippen molar-refractivity contribution >= 4 is 21.5 Å². The number of hydrogen-bond acceptors (Lipinski definition) is 3. The van der Waals surface area contributed by atoms with Crippen molar-refractivity contribution in [1.82, 2.24) is 0 Å². The molecule has 150 valence electrons. The second-order valence-electron chi connectivity index (χ2n) is 7.76. The second-order valence-corrected chi connectivity index (χ2v) is 7.76. The van der Waals surface area contributed by atoms with Crippen LogP contribution in [0.2, 0.25) is 0 Å². The number of ether oxygens (including phenoxy) is 2. The molecule has 0 aliphatic rings. The average Bonchev–Trinajstić information content (AvgIpc) is 2.68. The number of hydrogen-bond donors (Lipinski definition) is 1. The van der Waals surface area contributed by atoms with E-state index in [2.05, 4.69) is 63.2 Å². The van der Waals surface area contributed by atoms with Crippen LogP contribution >= 0.6 is 0 Å². The van der Waals surface area contributed by atoms with E-state index in [1.807, 2.05) is 0 Å². The van der Waals surface area contributed by atoms with Gasteiger partial charge in [-0.3, -0.25) is 0 Å². The topological polar surface area (TPSA) is 38.7 Å². The molecule has 0 aliphatic heterocycles. The van der Waals surface area contributed by atoms with Crippen LogP contribution in [0.25, 0.3) is 21.5 Å². The molecular weight excluding hydrogens is 348 g/mol. The first kappa shape index (κ1) is 20.6. The van der Waals surface area contributed by atoms with Crippen molar-refractivity contribution in [2.24, 2.45) is 0 Å². The highest BCUT2D eigenvalue weighted by atomic mass is 16.5. The van der Waals surface area contributed by atoms with E-state index in [1.54, 1.807) is 0 Å². The van der Waals surface area contributed by atoms with Crippen LogP contribution in [0, 0.1) is 13.8 Å². The van der Waals surface area contributed by atoms with E-state index in [0.29, 0.717) is 13.2 Å². The molecule has 3 heteroatoms. The lowest BCUT2D eigenvalue weighted by Crippen LogP contribution is -2.23. The molecule has 0 saturated heterocycles. The van der Waals surface area contributed by atoms with E-state index < -0.39 is 6.10 Å². The Labute approximate surface area is 168 Å². The molecule has 3 rings (SSSR count). The van der Waals surface area contributed by atoms with Crippen molar-refractivity contribution in [3.8, 4) is 5.75 Å². The summed E-state index contributed by atoms with van der Waals surface area (Å²) in [6, 6.07) is 15.0. The number of aliphatic hydroxyl groups is 1. The molecule has 0 heterocycles. The highest BCUT2D eigenvalue weighted by molar-refractivity contribution is 6.05. The minimum atomic E-state index is -0.633. The predicted octanol–water partition coefficient (Wildman–Crippen LogP) is 5.95. The van der Waals surface area contributed by atoms with Gasteiger partial charge in [-0.1, -0.05) is 67.6 Å². The van der Waals surface area contributed by atoms with Gasteiger partial charge in [-0.15, -0.1) is 0 Å². The van der Waals surface area contributed by atoms with Crippen molar-refractivity contribution in [1.29, 1.82) is 0 Å². The van der Waals surface area contributed by atoms with Crippen LogP contribution in [0.5, 0.6) is 5.75 Å².